The molecule has 1 unspecified atom stereocenters. The Balaban J connectivity index is 1.45. The fourth-order valence-corrected chi connectivity index (χ4v) is 4.50. The summed E-state index contributed by atoms with van der Waals surface area (Å²) in [5.41, 5.74) is 0.732. The standard InChI is InChI=1S/C23H31ClFN3O/c1-23(2,3)8-9-28-13-15-10-18(11-16(15)14-28)29-22(27)7-6-21(26)19-12-17(25)4-5-20(19)24/h4-7,12,15-16,18,26-27H,8-11,13-14H2,1-3H3/b7-6-,26-21?,27-22?/t15-,16+,18?. The molecule has 1 heterocycles. The van der Waals surface area contributed by atoms with E-state index in [4.69, 9.17) is 27.2 Å². The third kappa shape index (κ3) is 6.13. The van der Waals surface area contributed by atoms with Gasteiger partial charge in [-0.1, -0.05) is 32.4 Å². The molecule has 3 atom stereocenters. The maximum Gasteiger partial charge on any atom is 0.206 e. The van der Waals surface area contributed by atoms with Gasteiger partial charge in [0, 0.05) is 24.7 Å². The molecule has 0 radical (unpaired) electrons. The third-order valence-corrected chi connectivity index (χ3v) is 6.20. The molecule has 2 fully saturated rings. The minimum atomic E-state index is -0.442. The molecule has 2 N–H and O–H groups in total. The van der Waals surface area contributed by atoms with Crippen molar-refractivity contribution in [3.05, 3.63) is 46.8 Å². The molecule has 1 saturated heterocycles. The number of nitrogens with one attached hydrogen (secondary N) is 2. The van der Waals surface area contributed by atoms with E-state index < -0.39 is 5.82 Å². The number of ether oxygens (including phenoxy) is 1. The molecule has 2 aliphatic rings. The predicted molar refractivity (Wildman–Crippen MR) is 117 cm³/mol. The van der Waals surface area contributed by atoms with Gasteiger partial charge in [-0.2, -0.15) is 0 Å². The molecule has 1 aromatic rings. The van der Waals surface area contributed by atoms with Crippen LogP contribution in [-0.2, 0) is 4.74 Å². The van der Waals surface area contributed by atoms with Crippen molar-refractivity contribution in [3.63, 3.8) is 0 Å². The second-order valence-corrected chi connectivity index (χ2v) is 9.94. The first-order valence-corrected chi connectivity index (χ1v) is 10.7. The zero-order valence-corrected chi connectivity index (χ0v) is 18.2. The number of hydrogen-bond donors (Lipinski definition) is 2. The zero-order valence-electron chi connectivity index (χ0n) is 17.5. The van der Waals surface area contributed by atoms with Crippen molar-refractivity contribution in [2.45, 2.75) is 46.1 Å². The molecule has 1 aliphatic heterocycles. The first-order chi connectivity index (χ1) is 13.6. The minimum Gasteiger partial charge on any atom is -0.475 e. The van der Waals surface area contributed by atoms with Crippen molar-refractivity contribution in [2.24, 2.45) is 17.3 Å². The largest absolute Gasteiger partial charge is 0.475 e. The van der Waals surface area contributed by atoms with Crippen molar-refractivity contribution in [3.8, 4) is 0 Å². The average Bonchev–Trinajstić information content (AvgIpc) is 3.17. The van der Waals surface area contributed by atoms with Crippen LogP contribution in [0.2, 0.25) is 5.02 Å². The van der Waals surface area contributed by atoms with Crippen molar-refractivity contribution >= 4 is 23.2 Å². The molecule has 1 aromatic carbocycles. The monoisotopic (exact) mass is 419 g/mol. The molecule has 3 rings (SSSR count). The molecule has 0 aromatic heterocycles. The summed E-state index contributed by atoms with van der Waals surface area (Å²) < 4.78 is 19.2. The third-order valence-electron chi connectivity index (χ3n) is 5.87. The van der Waals surface area contributed by atoms with Gasteiger partial charge in [-0.3, -0.25) is 5.41 Å². The van der Waals surface area contributed by atoms with Crippen LogP contribution in [0.4, 0.5) is 4.39 Å². The Labute approximate surface area is 178 Å². The van der Waals surface area contributed by atoms with E-state index in [9.17, 15) is 4.39 Å². The number of allylic oxidation sites excluding steroid dienone is 1. The lowest BCUT2D eigenvalue weighted by atomic mass is 9.92. The summed E-state index contributed by atoms with van der Waals surface area (Å²) in [6, 6.07) is 3.91. The van der Waals surface area contributed by atoms with Crippen molar-refractivity contribution in [1.29, 1.82) is 10.8 Å². The Kier molecular flexibility index (Phi) is 6.79. The van der Waals surface area contributed by atoms with Crippen molar-refractivity contribution in [1.82, 2.24) is 4.90 Å². The lowest BCUT2D eigenvalue weighted by Gasteiger charge is -2.24. The molecule has 29 heavy (non-hydrogen) atoms. The summed E-state index contributed by atoms with van der Waals surface area (Å²) in [6.07, 6.45) is 6.14. The smallest absolute Gasteiger partial charge is 0.206 e. The van der Waals surface area contributed by atoms with Gasteiger partial charge in [-0.15, -0.1) is 0 Å². The Bertz CT molecular complexity index is 788. The van der Waals surface area contributed by atoms with Crippen LogP contribution in [0.3, 0.4) is 0 Å². The first kappa shape index (κ1) is 22.0. The molecule has 0 bridgehead atoms. The molecule has 1 aliphatic carbocycles. The van der Waals surface area contributed by atoms with Gasteiger partial charge in [-0.05, 0) is 67.3 Å². The molecular formula is C23H31ClFN3O. The molecule has 158 valence electrons. The summed E-state index contributed by atoms with van der Waals surface area (Å²) in [5, 5.41) is 16.4. The van der Waals surface area contributed by atoms with Crippen LogP contribution in [0.25, 0.3) is 0 Å². The quantitative estimate of drug-likeness (QED) is 0.469. The second kappa shape index (κ2) is 8.97. The minimum absolute atomic E-state index is 0.0387. The topological polar surface area (TPSA) is 60.2 Å². The number of benzene rings is 1. The highest BCUT2D eigenvalue weighted by Gasteiger charge is 2.41. The summed E-state index contributed by atoms with van der Waals surface area (Å²) in [6.45, 7) is 10.3. The maximum absolute atomic E-state index is 13.4. The Morgan fingerprint density at radius 2 is 1.86 bits per heavy atom. The molecule has 4 nitrogen and oxygen atoms in total. The van der Waals surface area contributed by atoms with E-state index in [0.29, 0.717) is 27.8 Å². The van der Waals surface area contributed by atoms with Gasteiger partial charge < -0.3 is 15.0 Å². The lowest BCUT2D eigenvalue weighted by Crippen LogP contribution is -2.27. The lowest BCUT2D eigenvalue weighted by molar-refractivity contribution is 0.170. The van der Waals surface area contributed by atoms with Crippen molar-refractivity contribution in [2.75, 3.05) is 19.6 Å². The van der Waals surface area contributed by atoms with Gasteiger partial charge in [0.2, 0.25) is 5.90 Å². The van der Waals surface area contributed by atoms with Crippen LogP contribution in [-0.4, -0.2) is 42.2 Å². The number of likely N-dealkylation sites (tertiary alicyclic amines) is 1. The normalized spacial score (nSPS) is 24.8. The Morgan fingerprint density at radius 1 is 1.21 bits per heavy atom. The Morgan fingerprint density at radius 3 is 2.48 bits per heavy atom. The zero-order chi connectivity index (χ0) is 21.2. The highest BCUT2D eigenvalue weighted by molar-refractivity contribution is 6.34. The van der Waals surface area contributed by atoms with E-state index in [1.54, 1.807) is 0 Å². The number of rotatable bonds is 6. The molecule has 6 heteroatoms. The Hall–Kier alpha value is -1.72. The molecule has 1 saturated carbocycles. The number of fused-ring (bicyclic) bond motifs is 1. The average molecular weight is 420 g/mol. The fraction of sp³-hybridized carbons (Fsp3) is 0.565. The van der Waals surface area contributed by atoms with Gasteiger partial charge in [0.1, 0.15) is 11.9 Å². The first-order valence-electron chi connectivity index (χ1n) is 10.3. The van der Waals surface area contributed by atoms with E-state index in [1.165, 1.54) is 36.8 Å². The predicted octanol–water partition coefficient (Wildman–Crippen LogP) is 5.54. The summed E-state index contributed by atoms with van der Waals surface area (Å²) >= 11 is 6.03. The SMILES string of the molecule is CC(C)(C)CCN1C[C@H]2CC(OC(=N)/C=C\C(=N)c3cc(F)ccc3Cl)C[C@H]2C1. The maximum atomic E-state index is 13.4. The van der Waals surface area contributed by atoms with Gasteiger partial charge in [-0.25, -0.2) is 4.39 Å². The van der Waals surface area contributed by atoms with E-state index >= 15 is 0 Å². The number of hydrogen-bond acceptors (Lipinski definition) is 4. The van der Waals surface area contributed by atoms with Gasteiger partial charge in [0.25, 0.3) is 0 Å². The van der Waals surface area contributed by atoms with Crippen LogP contribution in [0.5, 0.6) is 0 Å². The van der Waals surface area contributed by atoms with Crippen LogP contribution >= 0.6 is 11.6 Å². The summed E-state index contributed by atoms with van der Waals surface area (Å²) in [5.74, 6) is 0.905. The summed E-state index contributed by atoms with van der Waals surface area (Å²) in [4.78, 5) is 2.58. The van der Waals surface area contributed by atoms with Crippen LogP contribution in [0.15, 0.2) is 30.4 Å². The number of halogens is 2. The summed E-state index contributed by atoms with van der Waals surface area (Å²) in [7, 11) is 0. The highest BCUT2D eigenvalue weighted by Crippen LogP contribution is 2.40. The molecule has 0 amide bonds. The van der Waals surface area contributed by atoms with Crippen LogP contribution in [0, 0.1) is 33.9 Å². The van der Waals surface area contributed by atoms with Gasteiger partial charge >= 0.3 is 0 Å². The molecule has 0 spiro atoms. The van der Waals surface area contributed by atoms with Crippen molar-refractivity contribution < 1.29 is 9.13 Å². The fourth-order valence-electron chi connectivity index (χ4n) is 4.29. The highest BCUT2D eigenvalue weighted by atomic mass is 35.5. The molecular weight excluding hydrogens is 389 g/mol. The van der Waals surface area contributed by atoms with Crippen LogP contribution < -0.4 is 0 Å². The van der Waals surface area contributed by atoms with E-state index in [0.717, 1.165) is 32.5 Å². The van der Waals surface area contributed by atoms with Gasteiger partial charge in [0.05, 0.1) is 10.7 Å². The van der Waals surface area contributed by atoms with E-state index in [1.807, 2.05) is 0 Å². The van der Waals surface area contributed by atoms with E-state index in [-0.39, 0.29) is 17.7 Å². The van der Waals surface area contributed by atoms with Crippen LogP contribution in [0.1, 0.15) is 45.6 Å². The van der Waals surface area contributed by atoms with Gasteiger partial charge in [0.15, 0.2) is 0 Å². The second-order valence-electron chi connectivity index (χ2n) is 9.54. The van der Waals surface area contributed by atoms with E-state index in [2.05, 4.69) is 25.7 Å². The number of nitrogens with zero attached hydrogens (tertiary/aromatic N) is 1.